The number of thioether (sulfide) groups is 1. The first-order valence-electron chi connectivity index (χ1n) is 11.0. The third-order valence-electron chi connectivity index (χ3n) is 5.83. The lowest BCUT2D eigenvalue weighted by Crippen LogP contribution is -2.46. The van der Waals surface area contributed by atoms with Crippen LogP contribution in [0.1, 0.15) is 45.1 Å². The normalized spacial score (nSPS) is 17.5. The summed E-state index contributed by atoms with van der Waals surface area (Å²) in [6.45, 7) is 5.66. The molecule has 1 saturated heterocycles. The first-order chi connectivity index (χ1) is 15.2. The van der Waals surface area contributed by atoms with Crippen LogP contribution in [0.25, 0.3) is 11.4 Å². The van der Waals surface area contributed by atoms with Gasteiger partial charge in [0.2, 0.25) is 5.91 Å². The first-order valence-corrected chi connectivity index (χ1v) is 11.9. The highest BCUT2D eigenvalue weighted by molar-refractivity contribution is 8.00. The van der Waals surface area contributed by atoms with Crippen molar-refractivity contribution in [1.29, 1.82) is 0 Å². The standard InChI is InChI=1S/C24H29N5OS/c1-3-21-13-7-8-15-28(21)23(30)18(2)31-24-27-26-22(20-12-9-14-25-16-20)29(24)17-19-10-5-4-6-11-19/h4-6,9-12,14,16,18,21H,3,7-8,13,15,17H2,1-2H3. The molecule has 7 heteroatoms. The highest BCUT2D eigenvalue weighted by Gasteiger charge is 2.30. The number of hydrogen-bond donors (Lipinski definition) is 0. The molecule has 2 aromatic heterocycles. The van der Waals surface area contributed by atoms with Crippen molar-refractivity contribution >= 4 is 17.7 Å². The van der Waals surface area contributed by atoms with Gasteiger partial charge in [0.05, 0.1) is 11.8 Å². The van der Waals surface area contributed by atoms with Crippen molar-refractivity contribution in [3.63, 3.8) is 0 Å². The minimum atomic E-state index is -0.215. The minimum Gasteiger partial charge on any atom is -0.339 e. The van der Waals surface area contributed by atoms with Crippen LogP contribution in [0.15, 0.2) is 60.0 Å². The van der Waals surface area contributed by atoms with Crippen LogP contribution in [0, 0.1) is 0 Å². The number of pyridine rings is 1. The Kier molecular flexibility index (Phi) is 7.02. The Morgan fingerprint density at radius 2 is 2.00 bits per heavy atom. The molecule has 162 valence electrons. The molecule has 6 nitrogen and oxygen atoms in total. The average Bonchev–Trinajstić information content (AvgIpc) is 3.21. The molecule has 0 aliphatic carbocycles. The van der Waals surface area contributed by atoms with Crippen molar-refractivity contribution in [2.24, 2.45) is 0 Å². The van der Waals surface area contributed by atoms with Crippen molar-refractivity contribution in [1.82, 2.24) is 24.6 Å². The predicted octanol–water partition coefficient (Wildman–Crippen LogP) is 4.66. The molecule has 1 aliphatic heterocycles. The number of carbonyl (C=O) groups excluding carboxylic acids is 1. The molecular weight excluding hydrogens is 406 g/mol. The van der Waals surface area contributed by atoms with Gasteiger partial charge >= 0.3 is 0 Å². The van der Waals surface area contributed by atoms with Crippen LogP contribution in [-0.2, 0) is 11.3 Å². The van der Waals surface area contributed by atoms with Gasteiger partial charge in [-0.05, 0) is 50.3 Å². The van der Waals surface area contributed by atoms with E-state index in [9.17, 15) is 4.79 Å². The molecule has 1 aliphatic rings. The first kappa shape index (κ1) is 21.6. The molecule has 2 unspecified atom stereocenters. The number of amides is 1. The maximum atomic E-state index is 13.3. The number of piperidine rings is 1. The van der Waals surface area contributed by atoms with E-state index >= 15 is 0 Å². The van der Waals surface area contributed by atoms with Gasteiger partial charge in [-0.1, -0.05) is 49.0 Å². The smallest absolute Gasteiger partial charge is 0.236 e. The van der Waals surface area contributed by atoms with Gasteiger partial charge in [-0.25, -0.2) is 0 Å². The zero-order chi connectivity index (χ0) is 21.6. The Morgan fingerprint density at radius 1 is 1.16 bits per heavy atom. The molecule has 2 atom stereocenters. The van der Waals surface area contributed by atoms with Crippen LogP contribution in [0.2, 0.25) is 0 Å². The fourth-order valence-electron chi connectivity index (χ4n) is 4.15. The Balaban J connectivity index is 1.60. The average molecular weight is 436 g/mol. The summed E-state index contributed by atoms with van der Waals surface area (Å²) in [6, 6.07) is 14.5. The summed E-state index contributed by atoms with van der Waals surface area (Å²) >= 11 is 1.50. The lowest BCUT2D eigenvalue weighted by molar-refractivity contribution is -0.134. The predicted molar refractivity (Wildman–Crippen MR) is 124 cm³/mol. The molecule has 3 heterocycles. The second-order valence-electron chi connectivity index (χ2n) is 7.97. The second-order valence-corrected chi connectivity index (χ2v) is 9.28. The largest absolute Gasteiger partial charge is 0.339 e. The number of carbonyl (C=O) groups is 1. The summed E-state index contributed by atoms with van der Waals surface area (Å²) in [5, 5.41) is 9.48. The van der Waals surface area contributed by atoms with Crippen LogP contribution >= 0.6 is 11.8 Å². The summed E-state index contributed by atoms with van der Waals surface area (Å²) in [6.07, 6.45) is 7.97. The number of hydrogen-bond acceptors (Lipinski definition) is 5. The van der Waals surface area contributed by atoms with E-state index in [2.05, 4.69) is 43.7 Å². The van der Waals surface area contributed by atoms with Crippen LogP contribution in [0.4, 0.5) is 0 Å². The van der Waals surface area contributed by atoms with Crippen LogP contribution < -0.4 is 0 Å². The van der Waals surface area contributed by atoms with E-state index in [4.69, 9.17) is 0 Å². The molecule has 0 spiro atoms. The van der Waals surface area contributed by atoms with Gasteiger partial charge in [-0.3, -0.25) is 14.3 Å². The Morgan fingerprint density at radius 3 is 2.74 bits per heavy atom. The summed E-state index contributed by atoms with van der Waals surface area (Å²) in [5.74, 6) is 0.970. The number of rotatable bonds is 7. The maximum Gasteiger partial charge on any atom is 0.236 e. The monoisotopic (exact) mass is 435 g/mol. The van der Waals surface area contributed by atoms with Gasteiger partial charge in [-0.2, -0.15) is 0 Å². The number of nitrogens with zero attached hydrogens (tertiary/aromatic N) is 5. The topological polar surface area (TPSA) is 63.9 Å². The van der Waals surface area contributed by atoms with E-state index in [1.165, 1.54) is 18.2 Å². The van der Waals surface area contributed by atoms with Gasteiger partial charge in [-0.15, -0.1) is 10.2 Å². The van der Waals surface area contributed by atoms with E-state index in [1.54, 1.807) is 12.4 Å². The van der Waals surface area contributed by atoms with Crippen molar-refractivity contribution in [3.05, 3.63) is 60.4 Å². The van der Waals surface area contributed by atoms with E-state index < -0.39 is 0 Å². The van der Waals surface area contributed by atoms with E-state index in [1.807, 2.05) is 37.3 Å². The lowest BCUT2D eigenvalue weighted by Gasteiger charge is -2.36. The summed E-state index contributed by atoms with van der Waals surface area (Å²) < 4.78 is 2.09. The Hall–Kier alpha value is -2.67. The molecule has 4 rings (SSSR count). The zero-order valence-corrected chi connectivity index (χ0v) is 19.0. The van der Waals surface area contributed by atoms with Crippen molar-refractivity contribution in [2.75, 3.05) is 6.54 Å². The van der Waals surface area contributed by atoms with Gasteiger partial charge in [0.25, 0.3) is 0 Å². The molecule has 0 saturated carbocycles. The quantitative estimate of drug-likeness (QED) is 0.505. The zero-order valence-electron chi connectivity index (χ0n) is 18.1. The highest BCUT2D eigenvalue weighted by Crippen LogP contribution is 2.30. The highest BCUT2D eigenvalue weighted by atomic mass is 32.2. The SMILES string of the molecule is CCC1CCCCN1C(=O)C(C)Sc1nnc(-c2cccnc2)n1Cc1ccccc1. The molecule has 1 aromatic carbocycles. The summed E-state index contributed by atoms with van der Waals surface area (Å²) in [4.78, 5) is 19.6. The molecular formula is C24H29N5OS. The van der Waals surface area contributed by atoms with E-state index in [-0.39, 0.29) is 11.2 Å². The van der Waals surface area contributed by atoms with Gasteiger partial charge in [0.1, 0.15) is 0 Å². The lowest BCUT2D eigenvalue weighted by atomic mass is 10.00. The van der Waals surface area contributed by atoms with E-state index in [0.29, 0.717) is 12.6 Å². The second kappa shape index (κ2) is 10.1. The number of aromatic nitrogens is 4. The van der Waals surface area contributed by atoms with E-state index in [0.717, 1.165) is 47.9 Å². The van der Waals surface area contributed by atoms with Crippen molar-refractivity contribution in [2.45, 2.75) is 62.5 Å². The third kappa shape index (κ3) is 4.98. The van der Waals surface area contributed by atoms with Crippen LogP contribution in [0.5, 0.6) is 0 Å². The maximum absolute atomic E-state index is 13.3. The van der Waals surface area contributed by atoms with Crippen molar-refractivity contribution in [3.8, 4) is 11.4 Å². The third-order valence-corrected chi connectivity index (χ3v) is 6.90. The van der Waals surface area contributed by atoms with Gasteiger partial charge in [0.15, 0.2) is 11.0 Å². The number of benzene rings is 1. The van der Waals surface area contributed by atoms with Gasteiger partial charge < -0.3 is 4.90 Å². The van der Waals surface area contributed by atoms with Crippen LogP contribution in [0.3, 0.4) is 0 Å². The summed E-state index contributed by atoms with van der Waals surface area (Å²) in [5.41, 5.74) is 2.08. The Bertz CT molecular complexity index is 992. The number of likely N-dealkylation sites (tertiary alicyclic amines) is 1. The fraction of sp³-hybridized carbons (Fsp3) is 0.417. The Labute approximate surface area is 188 Å². The molecule has 0 radical (unpaired) electrons. The van der Waals surface area contributed by atoms with Crippen molar-refractivity contribution < 1.29 is 4.79 Å². The molecule has 1 fully saturated rings. The molecule has 3 aromatic rings. The minimum absolute atomic E-state index is 0.203. The molecule has 1 amide bonds. The molecule has 0 N–H and O–H groups in total. The summed E-state index contributed by atoms with van der Waals surface area (Å²) in [7, 11) is 0. The molecule has 0 bridgehead atoms. The fourth-order valence-corrected chi connectivity index (χ4v) is 5.07. The van der Waals surface area contributed by atoms with Crippen LogP contribution in [-0.4, -0.2) is 48.4 Å². The van der Waals surface area contributed by atoms with Gasteiger partial charge in [0, 0.05) is 30.5 Å². The molecule has 31 heavy (non-hydrogen) atoms.